The minimum absolute atomic E-state index is 0.302. The standard InChI is InChI=1S/C12H18N2O4S/c1-8-5-6-11(18-3)10(7-8)14(19(4,16)17)9(2)12(13)15/h5-7,9H,1-4H3,(H2,13,15)/t9-/m0/s1. The average molecular weight is 286 g/mol. The van der Waals surface area contributed by atoms with Crippen molar-refractivity contribution in [3.05, 3.63) is 23.8 Å². The van der Waals surface area contributed by atoms with Crippen molar-refractivity contribution in [1.29, 1.82) is 0 Å². The van der Waals surface area contributed by atoms with E-state index in [-0.39, 0.29) is 0 Å². The molecule has 0 aliphatic heterocycles. The van der Waals surface area contributed by atoms with Gasteiger partial charge in [0.15, 0.2) is 0 Å². The van der Waals surface area contributed by atoms with Crippen LogP contribution in [0, 0.1) is 6.92 Å². The van der Waals surface area contributed by atoms with E-state index >= 15 is 0 Å². The lowest BCUT2D eigenvalue weighted by atomic mass is 10.2. The maximum Gasteiger partial charge on any atom is 0.241 e. The lowest BCUT2D eigenvalue weighted by Crippen LogP contribution is -2.46. The van der Waals surface area contributed by atoms with Crippen LogP contribution in [0.3, 0.4) is 0 Å². The highest BCUT2D eigenvalue weighted by Gasteiger charge is 2.29. The van der Waals surface area contributed by atoms with E-state index in [1.54, 1.807) is 18.2 Å². The molecule has 0 saturated carbocycles. The predicted molar refractivity (Wildman–Crippen MR) is 73.7 cm³/mol. The monoisotopic (exact) mass is 286 g/mol. The van der Waals surface area contributed by atoms with Crippen LogP contribution >= 0.6 is 0 Å². The quantitative estimate of drug-likeness (QED) is 0.860. The van der Waals surface area contributed by atoms with E-state index in [0.29, 0.717) is 11.4 Å². The third-order valence-electron chi connectivity index (χ3n) is 2.69. The Hall–Kier alpha value is -1.76. The maximum atomic E-state index is 11.9. The van der Waals surface area contributed by atoms with Crippen LogP contribution in [0.1, 0.15) is 12.5 Å². The lowest BCUT2D eigenvalue weighted by Gasteiger charge is -2.28. The molecule has 106 valence electrons. The second-order valence-electron chi connectivity index (χ2n) is 4.31. The molecular formula is C12H18N2O4S. The highest BCUT2D eigenvalue weighted by Crippen LogP contribution is 2.32. The third kappa shape index (κ3) is 3.37. The van der Waals surface area contributed by atoms with Crippen LogP contribution in [0.15, 0.2) is 18.2 Å². The number of ether oxygens (including phenoxy) is 1. The number of rotatable bonds is 5. The SMILES string of the molecule is COc1ccc(C)cc1N([C@@H](C)C(N)=O)S(C)(=O)=O. The molecule has 0 heterocycles. The highest BCUT2D eigenvalue weighted by atomic mass is 32.2. The number of hydrogen-bond acceptors (Lipinski definition) is 4. The first kappa shape index (κ1) is 15.3. The first-order valence-corrected chi connectivity index (χ1v) is 7.46. The van der Waals surface area contributed by atoms with Gasteiger partial charge in [-0.1, -0.05) is 6.07 Å². The molecule has 2 N–H and O–H groups in total. The van der Waals surface area contributed by atoms with Crippen LogP contribution in [0.4, 0.5) is 5.69 Å². The Morgan fingerprint density at radius 3 is 2.42 bits per heavy atom. The molecule has 0 unspecified atom stereocenters. The summed E-state index contributed by atoms with van der Waals surface area (Å²) in [6, 6.07) is 4.08. The number of carbonyl (C=O) groups is 1. The Labute approximate surface area is 113 Å². The summed E-state index contributed by atoms with van der Waals surface area (Å²) in [5.41, 5.74) is 6.37. The normalized spacial score (nSPS) is 12.8. The fraction of sp³-hybridized carbons (Fsp3) is 0.417. The first-order valence-electron chi connectivity index (χ1n) is 5.62. The molecule has 1 aromatic rings. The Kier molecular flexibility index (Phi) is 4.41. The minimum Gasteiger partial charge on any atom is -0.495 e. The Morgan fingerprint density at radius 1 is 1.42 bits per heavy atom. The third-order valence-corrected chi connectivity index (χ3v) is 3.92. The number of aryl methyl sites for hydroxylation is 1. The second kappa shape index (κ2) is 5.48. The van der Waals surface area contributed by atoms with E-state index in [1.165, 1.54) is 14.0 Å². The Balaban J connectivity index is 3.50. The molecular weight excluding hydrogens is 268 g/mol. The fourth-order valence-corrected chi connectivity index (χ4v) is 2.94. The van der Waals surface area contributed by atoms with Gasteiger partial charge < -0.3 is 10.5 Å². The van der Waals surface area contributed by atoms with E-state index in [2.05, 4.69) is 0 Å². The molecule has 0 spiro atoms. The molecule has 6 nitrogen and oxygen atoms in total. The van der Waals surface area contributed by atoms with Crippen molar-refractivity contribution in [2.75, 3.05) is 17.7 Å². The molecule has 0 saturated heterocycles. The van der Waals surface area contributed by atoms with Crippen LogP contribution < -0.4 is 14.8 Å². The van der Waals surface area contributed by atoms with Crippen molar-refractivity contribution in [3.8, 4) is 5.75 Å². The maximum absolute atomic E-state index is 11.9. The second-order valence-corrected chi connectivity index (χ2v) is 6.17. The number of methoxy groups -OCH3 is 1. The van der Waals surface area contributed by atoms with Gasteiger partial charge in [-0.25, -0.2) is 8.42 Å². The van der Waals surface area contributed by atoms with Crippen molar-refractivity contribution in [2.24, 2.45) is 5.73 Å². The van der Waals surface area contributed by atoms with E-state index in [1.807, 2.05) is 6.92 Å². The molecule has 1 aromatic carbocycles. The molecule has 0 fully saturated rings. The van der Waals surface area contributed by atoms with Gasteiger partial charge in [-0.05, 0) is 31.5 Å². The lowest BCUT2D eigenvalue weighted by molar-refractivity contribution is -0.118. The van der Waals surface area contributed by atoms with Crippen LogP contribution in [-0.2, 0) is 14.8 Å². The zero-order valence-corrected chi connectivity index (χ0v) is 12.2. The van der Waals surface area contributed by atoms with Gasteiger partial charge in [-0.2, -0.15) is 0 Å². The van der Waals surface area contributed by atoms with Gasteiger partial charge in [0, 0.05) is 0 Å². The smallest absolute Gasteiger partial charge is 0.241 e. The fourth-order valence-electron chi connectivity index (χ4n) is 1.76. The van der Waals surface area contributed by atoms with Gasteiger partial charge in [0.25, 0.3) is 0 Å². The summed E-state index contributed by atoms with van der Waals surface area (Å²) in [4.78, 5) is 11.3. The van der Waals surface area contributed by atoms with Crippen molar-refractivity contribution in [2.45, 2.75) is 19.9 Å². The molecule has 7 heteroatoms. The minimum atomic E-state index is -3.66. The first-order chi connectivity index (χ1) is 8.68. The zero-order valence-electron chi connectivity index (χ0n) is 11.4. The molecule has 1 atom stereocenters. The molecule has 0 aromatic heterocycles. The van der Waals surface area contributed by atoms with Gasteiger partial charge in [0.1, 0.15) is 11.8 Å². The van der Waals surface area contributed by atoms with E-state index in [4.69, 9.17) is 10.5 Å². The van der Waals surface area contributed by atoms with Crippen LogP contribution in [0.5, 0.6) is 5.75 Å². The van der Waals surface area contributed by atoms with Gasteiger partial charge in [-0.15, -0.1) is 0 Å². The number of benzene rings is 1. The summed E-state index contributed by atoms with van der Waals surface area (Å²) in [5, 5.41) is 0. The van der Waals surface area contributed by atoms with Crippen molar-refractivity contribution in [1.82, 2.24) is 0 Å². The van der Waals surface area contributed by atoms with Gasteiger partial charge in [-0.3, -0.25) is 9.10 Å². The van der Waals surface area contributed by atoms with E-state index < -0.39 is 22.0 Å². The molecule has 0 aliphatic carbocycles. The summed E-state index contributed by atoms with van der Waals surface area (Å²) in [5.74, 6) is -0.363. The van der Waals surface area contributed by atoms with Crippen molar-refractivity contribution >= 4 is 21.6 Å². The Morgan fingerprint density at radius 2 is 2.00 bits per heavy atom. The van der Waals surface area contributed by atoms with Crippen LogP contribution in [0.2, 0.25) is 0 Å². The zero-order chi connectivity index (χ0) is 14.8. The van der Waals surface area contributed by atoms with Crippen LogP contribution in [0.25, 0.3) is 0 Å². The van der Waals surface area contributed by atoms with Gasteiger partial charge in [0.05, 0.1) is 19.1 Å². The molecule has 19 heavy (non-hydrogen) atoms. The summed E-state index contributed by atoms with van der Waals surface area (Å²) < 4.78 is 30.0. The Bertz CT molecular complexity index is 583. The largest absolute Gasteiger partial charge is 0.495 e. The van der Waals surface area contributed by atoms with Gasteiger partial charge in [0.2, 0.25) is 15.9 Å². The predicted octanol–water partition coefficient (Wildman–Crippen LogP) is 0.643. The molecule has 0 radical (unpaired) electrons. The van der Waals surface area contributed by atoms with Crippen molar-refractivity contribution < 1.29 is 17.9 Å². The molecule has 0 bridgehead atoms. The number of amides is 1. The van der Waals surface area contributed by atoms with Gasteiger partial charge >= 0.3 is 0 Å². The van der Waals surface area contributed by atoms with E-state index in [0.717, 1.165) is 16.1 Å². The number of nitrogens with two attached hydrogens (primary N) is 1. The number of nitrogens with zero attached hydrogens (tertiary/aromatic N) is 1. The number of hydrogen-bond donors (Lipinski definition) is 1. The summed E-state index contributed by atoms with van der Waals surface area (Å²) in [6.07, 6.45) is 1.02. The number of sulfonamides is 1. The molecule has 0 aliphatic rings. The summed E-state index contributed by atoms with van der Waals surface area (Å²) in [6.45, 7) is 3.25. The van der Waals surface area contributed by atoms with Crippen LogP contribution in [-0.4, -0.2) is 33.7 Å². The molecule has 1 rings (SSSR count). The number of carbonyl (C=O) groups excluding carboxylic acids is 1. The number of anilines is 1. The summed E-state index contributed by atoms with van der Waals surface area (Å²) >= 11 is 0. The van der Waals surface area contributed by atoms with Crippen molar-refractivity contribution in [3.63, 3.8) is 0 Å². The average Bonchev–Trinajstić information content (AvgIpc) is 2.27. The topological polar surface area (TPSA) is 89.7 Å². The highest BCUT2D eigenvalue weighted by molar-refractivity contribution is 7.92. The summed E-state index contributed by atoms with van der Waals surface area (Å²) in [7, 11) is -2.22. The number of primary amides is 1. The van der Waals surface area contributed by atoms with E-state index in [9.17, 15) is 13.2 Å². The molecule has 1 amide bonds.